The van der Waals surface area contributed by atoms with Gasteiger partial charge in [-0.2, -0.15) is 0 Å². The molecule has 0 spiro atoms. The maximum absolute atomic E-state index is 11.6. The summed E-state index contributed by atoms with van der Waals surface area (Å²) in [7, 11) is -1.51. The first-order chi connectivity index (χ1) is 5.88. The Kier molecular flexibility index (Phi) is 1.80. The van der Waals surface area contributed by atoms with Gasteiger partial charge in [0.2, 0.25) is 0 Å². The third-order valence-corrected chi connectivity index (χ3v) is 2.90. The summed E-state index contributed by atoms with van der Waals surface area (Å²) in [5, 5.41) is 0. The Bertz CT molecular complexity index is 327. The highest BCUT2D eigenvalue weighted by Gasteiger charge is 2.18. The lowest BCUT2D eigenvalue weighted by molar-refractivity contribution is 0.577. The van der Waals surface area contributed by atoms with Crippen LogP contribution in [-0.4, -0.2) is 8.68 Å². The molecule has 0 atom stereocenters. The topological polar surface area (TPSA) is 26.9 Å². The largest absolute Gasteiger partial charge is 0.603 e. The molecule has 0 aromatic carbocycles. The molecule has 0 unspecified atom stereocenters. The second kappa shape index (κ2) is 2.95. The van der Waals surface area contributed by atoms with Crippen LogP contribution in [0.5, 0.6) is 0 Å². The predicted octanol–water partition coefficient (Wildman–Crippen LogP) is 2.34. The standard InChI is InChI=1S/C8H8N2OP/c11-12(9-5-1-2-6-9)10-7-3-4-8-10/h1-8H/q+1. The smallest absolute Gasteiger partial charge is 0.127 e. The first kappa shape index (κ1) is 7.32. The van der Waals surface area contributed by atoms with E-state index in [4.69, 9.17) is 0 Å². The van der Waals surface area contributed by atoms with Crippen LogP contribution >= 0.6 is 8.10 Å². The molecule has 2 aromatic heterocycles. The summed E-state index contributed by atoms with van der Waals surface area (Å²) in [6.45, 7) is 0. The summed E-state index contributed by atoms with van der Waals surface area (Å²) in [4.78, 5) is 0. The summed E-state index contributed by atoms with van der Waals surface area (Å²) in [6, 6.07) is 7.43. The van der Waals surface area contributed by atoms with Gasteiger partial charge in [0.15, 0.2) is 0 Å². The second-order valence-corrected chi connectivity index (χ2v) is 3.81. The highest BCUT2D eigenvalue weighted by atomic mass is 31.1. The number of rotatable bonds is 2. The van der Waals surface area contributed by atoms with Crippen molar-refractivity contribution in [2.24, 2.45) is 0 Å². The van der Waals surface area contributed by atoms with E-state index in [1.165, 1.54) is 0 Å². The lowest BCUT2D eigenvalue weighted by atomic mass is 10.7. The van der Waals surface area contributed by atoms with Crippen LogP contribution in [0, 0.1) is 0 Å². The Morgan fingerprint density at radius 2 is 1.08 bits per heavy atom. The van der Waals surface area contributed by atoms with E-state index in [9.17, 15) is 4.57 Å². The zero-order valence-corrected chi connectivity index (χ0v) is 7.26. The fraction of sp³-hybridized carbons (Fsp3) is 0. The van der Waals surface area contributed by atoms with Crippen molar-refractivity contribution < 1.29 is 4.57 Å². The summed E-state index contributed by atoms with van der Waals surface area (Å²) < 4.78 is 15.0. The summed E-state index contributed by atoms with van der Waals surface area (Å²) in [6.07, 6.45) is 7.16. The van der Waals surface area contributed by atoms with Gasteiger partial charge in [-0.25, -0.2) is 0 Å². The molecule has 0 aliphatic heterocycles. The first-order valence-corrected chi connectivity index (χ1v) is 4.78. The highest BCUT2D eigenvalue weighted by molar-refractivity contribution is 7.41. The molecule has 0 radical (unpaired) electrons. The van der Waals surface area contributed by atoms with E-state index in [2.05, 4.69) is 0 Å². The van der Waals surface area contributed by atoms with Gasteiger partial charge in [0.25, 0.3) is 0 Å². The number of nitrogens with zero attached hydrogens (tertiary/aromatic N) is 2. The van der Waals surface area contributed by atoms with Gasteiger partial charge in [-0.05, 0) is 28.8 Å². The van der Waals surface area contributed by atoms with Crippen molar-refractivity contribution in [1.29, 1.82) is 0 Å². The molecule has 2 aromatic rings. The Morgan fingerprint density at radius 1 is 0.750 bits per heavy atom. The SMILES string of the molecule is O=[P+](n1cccc1)n1cccc1. The minimum Gasteiger partial charge on any atom is -0.127 e. The van der Waals surface area contributed by atoms with Gasteiger partial charge in [0.1, 0.15) is 0 Å². The lowest BCUT2D eigenvalue weighted by Crippen LogP contribution is -1.88. The molecule has 12 heavy (non-hydrogen) atoms. The molecule has 3 nitrogen and oxygen atoms in total. The maximum atomic E-state index is 11.6. The van der Waals surface area contributed by atoms with Crippen LogP contribution in [0.1, 0.15) is 0 Å². The zero-order chi connectivity index (χ0) is 8.39. The number of hydrogen-bond donors (Lipinski definition) is 0. The van der Waals surface area contributed by atoms with Crippen molar-refractivity contribution >= 4 is 8.10 Å². The Balaban J connectivity index is 2.34. The van der Waals surface area contributed by atoms with E-state index in [0.29, 0.717) is 0 Å². The minimum atomic E-state index is -1.51. The second-order valence-electron chi connectivity index (χ2n) is 2.38. The van der Waals surface area contributed by atoms with Gasteiger partial charge >= 0.3 is 8.10 Å². The van der Waals surface area contributed by atoms with E-state index in [0.717, 1.165) is 0 Å². The van der Waals surface area contributed by atoms with Crippen LogP contribution in [0.15, 0.2) is 49.1 Å². The van der Waals surface area contributed by atoms with Gasteiger partial charge in [0.05, 0.1) is 24.8 Å². The van der Waals surface area contributed by atoms with Crippen molar-refractivity contribution in [3.05, 3.63) is 49.1 Å². The van der Waals surface area contributed by atoms with Crippen LogP contribution in [0.2, 0.25) is 0 Å². The first-order valence-electron chi connectivity index (χ1n) is 3.62. The maximum Gasteiger partial charge on any atom is 0.603 e. The van der Waals surface area contributed by atoms with Crippen molar-refractivity contribution in [3.8, 4) is 0 Å². The van der Waals surface area contributed by atoms with Crippen LogP contribution in [0.3, 0.4) is 0 Å². The average molecular weight is 179 g/mol. The van der Waals surface area contributed by atoms with E-state index in [1.54, 1.807) is 33.5 Å². The number of aromatic nitrogens is 2. The Labute approximate surface area is 71.1 Å². The molecule has 4 heteroatoms. The Hall–Kier alpha value is -1.34. The van der Waals surface area contributed by atoms with Gasteiger partial charge in [-0.1, -0.05) is 0 Å². The summed E-state index contributed by atoms with van der Waals surface area (Å²) in [5.41, 5.74) is 0. The van der Waals surface area contributed by atoms with Gasteiger partial charge in [-0.3, -0.25) is 0 Å². The van der Waals surface area contributed by atoms with Crippen molar-refractivity contribution in [2.75, 3.05) is 0 Å². The Morgan fingerprint density at radius 3 is 1.42 bits per heavy atom. The van der Waals surface area contributed by atoms with E-state index >= 15 is 0 Å². The molecule has 0 amide bonds. The molecule has 2 heterocycles. The van der Waals surface area contributed by atoms with Gasteiger partial charge < -0.3 is 0 Å². The molecular formula is C8H8N2OP+. The molecule has 0 N–H and O–H groups in total. The average Bonchev–Trinajstić information content (AvgIpc) is 2.77. The van der Waals surface area contributed by atoms with E-state index in [-0.39, 0.29) is 0 Å². The predicted molar refractivity (Wildman–Crippen MR) is 47.3 cm³/mol. The molecule has 0 saturated heterocycles. The molecule has 0 aliphatic carbocycles. The molecule has 0 aliphatic rings. The third-order valence-electron chi connectivity index (χ3n) is 1.57. The quantitative estimate of drug-likeness (QED) is 0.650. The monoisotopic (exact) mass is 179 g/mol. The fourth-order valence-electron chi connectivity index (χ4n) is 0.998. The number of hydrogen-bond acceptors (Lipinski definition) is 1. The van der Waals surface area contributed by atoms with Crippen molar-refractivity contribution in [1.82, 2.24) is 8.68 Å². The van der Waals surface area contributed by atoms with Crippen LogP contribution in [0.4, 0.5) is 0 Å². The summed E-state index contributed by atoms with van der Waals surface area (Å²) >= 11 is 0. The lowest BCUT2D eigenvalue weighted by Gasteiger charge is -1.85. The van der Waals surface area contributed by atoms with E-state index in [1.807, 2.05) is 24.3 Å². The fourth-order valence-corrected chi connectivity index (χ4v) is 2.00. The molecule has 0 bridgehead atoms. The van der Waals surface area contributed by atoms with Crippen molar-refractivity contribution in [2.45, 2.75) is 0 Å². The molecule has 0 fully saturated rings. The van der Waals surface area contributed by atoms with E-state index < -0.39 is 8.10 Å². The minimum absolute atomic E-state index is 1.51. The van der Waals surface area contributed by atoms with Gasteiger partial charge in [0, 0.05) is 0 Å². The highest BCUT2D eigenvalue weighted by Crippen LogP contribution is 2.25. The molecule has 0 saturated carbocycles. The molecular weight excluding hydrogens is 171 g/mol. The normalized spacial score (nSPS) is 10.0. The summed E-state index contributed by atoms with van der Waals surface area (Å²) in [5.74, 6) is 0. The van der Waals surface area contributed by atoms with Crippen LogP contribution in [0.25, 0.3) is 0 Å². The van der Waals surface area contributed by atoms with Crippen LogP contribution < -0.4 is 0 Å². The van der Waals surface area contributed by atoms with Crippen LogP contribution in [-0.2, 0) is 4.57 Å². The van der Waals surface area contributed by atoms with Gasteiger partial charge in [-0.15, -0.1) is 8.68 Å². The molecule has 2 rings (SSSR count). The zero-order valence-electron chi connectivity index (χ0n) is 6.37. The van der Waals surface area contributed by atoms with Crippen molar-refractivity contribution in [3.63, 3.8) is 0 Å². The molecule has 60 valence electrons. The third kappa shape index (κ3) is 1.19.